The van der Waals surface area contributed by atoms with Gasteiger partial charge in [-0.1, -0.05) is 76.8 Å². The van der Waals surface area contributed by atoms with Crippen LogP contribution in [-0.4, -0.2) is 16.1 Å². The van der Waals surface area contributed by atoms with Gasteiger partial charge in [0.2, 0.25) is 0 Å². The average Bonchev–Trinajstić information content (AvgIpc) is 3.03. The maximum atomic E-state index is 3.54. The van der Waals surface area contributed by atoms with E-state index in [-0.39, 0.29) is 51.0 Å². The monoisotopic (exact) mass is 486 g/mol. The van der Waals surface area contributed by atoms with E-state index in [0.717, 1.165) is 0 Å². The largest absolute Gasteiger partial charge is 4.00 e. The second-order valence-electron chi connectivity index (χ2n) is 8.28. The molecule has 0 bridgehead atoms. The summed E-state index contributed by atoms with van der Waals surface area (Å²) in [4.78, 5) is 0. The molecule has 0 aromatic rings. The zero-order valence-electron chi connectivity index (χ0n) is 16.1. The summed E-state index contributed by atoms with van der Waals surface area (Å²) in [6.45, 7) is 9.40. The Kier molecular flexibility index (Phi) is 10.8. The molecule has 0 amide bonds. The maximum absolute atomic E-state index is 3.54. The van der Waals surface area contributed by atoms with Crippen LogP contribution in [0.4, 0.5) is 0 Å². The summed E-state index contributed by atoms with van der Waals surface area (Å²) < 4.78 is 0. The number of rotatable bonds is 2. The Balaban J connectivity index is 0.000000411. The van der Waals surface area contributed by atoms with E-state index in [1.165, 1.54) is 61.0 Å². The van der Waals surface area contributed by atoms with Gasteiger partial charge in [-0.05, 0) is 0 Å². The first-order valence-corrected chi connectivity index (χ1v) is 14.8. The van der Waals surface area contributed by atoms with Crippen LogP contribution < -0.4 is 24.8 Å². The summed E-state index contributed by atoms with van der Waals surface area (Å²) in [5.74, 6) is 0. The van der Waals surface area contributed by atoms with Gasteiger partial charge in [-0.15, -0.1) is 0 Å². The quantitative estimate of drug-likeness (QED) is 0.384. The summed E-state index contributed by atoms with van der Waals surface area (Å²) >= 11 is 0. The van der Waals surface area contributed by atoms with Gasteiger partial charge in [-0.2, -0.15) is 11.1 Å². The molecular weight excluding hydrogens is 459 g/mol. The summed E-state index contributed by atoms with van der Waals surface area (Å²) in [5.41, 5.74) is 2.89. The Hall–Kier alpha value is 0.857. The van der Waals surface area contributed by atoms with E-state index in [4.69, 9.17) is 0 Å². The fraction of sp³-hybridized carbons (Fsp3) is 0.600. The number of allylic oxidation sites excluding steroid dienone is 8. The third kappa shape index (κ3) is 5.91. The van der Waals surface area contributed by atoms with Crippen LogP contribution in [0.1, 0.15) is 39.5 Å². The fourth-order valence-electron chi connectivity index (χ4n) is 3.92. The van der Waals surface area contributed by atoms with Crippen molar-refractivity contribution < 1.29 is 51.0 Å². The van der Waals surface area contributed by atoms with Crippen molar-refractivity contribution in [2.24, 2.45) is 0 Å². The van der Waals surface area contributed by atoms with E-state index in [2.05, 4.69) is 51.2 Å². The molecule has 2 aliphatic heterocycles. The summed E-state index contributed by atoms with van der Waals surface area (Å²) in [7, 11) is -1.75. The zero-order chi connectivity index (χ0) is 15.8. The van der Waals surface area contributed by atoms with E-state index in [1.807, 2.05) is 0 Å². The van der Waals surface area contributed by atoms with Crippen LogP contribution in [0.2, 0.25) is 37.3 Å². The minimum Gasteiger partial charge on any atom is -1.00 e. The van der Waals surface area contributed by atoms with Crippen LogP contribution in [0.3, 0.4) is 0 Å². The fourth-order valence-corrected chi connectivity index (χ4v) is 10.0. The van der Waals surface area contributed by atoms with Crippen LogP contribution in [-0.2, 0) is 26.2 Å². The minimum atomic E-state index is -0.876. The van der Waals surface area contributed by atoms with Gasteiger partial charge < -0.3 is 24.8 Å². The van der Waals surface area contributed by atoms with Crippen LogP contribution in [0, 0.1) is 12.2 Å². The molecule has 0 aromatic carbocycles. The predicted molar refractivity (Wildman–Crippen MR) is 102 cm³/mol. The molecule has 0 radical (unpaired) electrons. The molecule has 0 N–H and O–H groups in total. The van der Waals surface area contributed by atoms with Crippen molar-refractivity contribution in [3.8, 4) is 0 Å². The summed E-state index contributed by atoms with van der Waals surface area (Å²) in [5, 5.41) is 3.25. The molecule has 2 heterocycles. The normalized spacial score (nSPS) is 24.2. The second-order valence-corrected chi connectivity index (χ2v) is 17.6. The van der Waals surface area contributed by atoms with E-state index < -0.39 is 16.1 Å². The Labute approximate surface area is 188 Å². The summed E-state index contributed by atoms with van der Waals surface area (Å²) in [6.07, 6.45) is 17.2. The molecule has 2 fully saturated rings. The molecule has 4 aliphatic rings. The molecule has 4 rings (SSSR count). The third-order valence-corrected chi connectivity index (χ3v) is 15.2. The molecule has 2 saturated heterocycles. The first-order chi connectivity index (χ1) is 10.4. The Bertz CT molecular complexity index is 531. The molecule has 0 aromatic heterocycles. The van der Waals surface area contributed by atoms with Gasteiger partial charge in [-0.25, -0.2) is 22.5 Å². The van der Waals surface area contributed by atoms with Crippen molar-refractivity contribution in [2.75, 3.05) is 0 Å². The van der Waals surface area contributed by atoms with Gasteiger partial charge in [-0.3, -0.25) is 12.2 Å². The Morgan fingerprint density at radius 3 is 1.20 bits per heavy atom. The summed E-state index contributed by atoms with van der Waals surface area (Å²) in [6, 6.07) is 6.05. The number of halogens is 2. The van der Waals surface area contributed by atoms with Crippen molar-refractivity contribution in [1.82, 2.24) is 0 Å². The van der Waals surface area contributed by atoms with Crippen LogP contribution in [0.25, 0.3) is 0 Å². The molecule has 2 aliphatic carbocycles. The second kappa shape index (κ2) is 10.4. The van der Waals surface area contributed by atoms with Gasteiger partial charge in [0.05, 0.1) is 0 Å². The van der Waals surface area contributed by atoms with E-state index in [9.17, 15) is 0 Å². The first kappa shape index (κ1) is 25.9. The van der Waals surface area contributed by atoms with Crippen LogP contribution in [0.5, 0.6) is 0 Å². The standard InChI is InChI=1S/2C10H15Si.2ClH.Zr/c2*1-9-4-5-10(8-9)11(2)6-3-7-11;;;/h2*5H,3-4,6-7H2,1-2H3;2*1H;/q2*-1;;;+4/p-2. The van der Waals surface area contributed by atoms with Gasteiger partial charge in [0.1, 0.15) is 0 Å². The minimum absolute atomic E-state index is 0. The van der Waals surface area contributed by atoms with E-state index >= 15 is 0 Å². The van der Waals surface area contributed by atoms with Gasteiger partial charge >= 0.3 is 26.2 Å². The molecule has 25 heavy (non-hydrogen) atoms. The molecule has 136 valence electrons. The van der Waals surface area contributed by atoms with E-state index in [1.54, 1.807) is 10.4 Å². The van der Waals surface area contributed by atoms with Gasteiger partial charge in [0.15, 0.2) is 0 Å². The predicted octanol–water partition coefficient (Wildman–Crippen LogP) is 0.180. The number of hydrogen-bond acceptors (Lipinski definition) is 0. The Morgan fingerprint density at radius 1 is 0.720 bits per heavy atom. The van der Waals surface area contributed by atoms with Crippen molar-refractivity contribution >= 4 is 16.1 Å². The SMILES string of the molecule is CC1=[C-]C([Si]2(C)CCC2)=CC1.CC1=[C-]C([Si]2(C)CCC2)=CC1.[Cl-].[Cl-].[Zr+4]. The van der Waals surface area contributed by atoms with E-state index in [0.29, 0.717) is 0 Å². The molecule has 0 atom stereocenters. The smallest absolute Gasteiger partial charge is 1.00 e. The Morgan fingerprint density at radius 2 is 1.04 bits per heavy atom. The topological polar surface area (TPSA) is 0 Å². The first-order valence-electron chi connectivity index (χ1n) is 9.02. The third-order valence-electron chi connectivity index (χ3n) is 6.14. The van der Waals surface area contributed by atoms with Gasteiger partial charge in [0, 0.05) is 16.1 Å². The maximum Gasteiger partial charge on any atom is 4.00 e. The molecule has 0 saturated carbocycles. The average molecular weight is 489 g/mol. The molecular formula is C20H30Cl2Si2Zr. The molecule has 0 unspecified atom stereocenters. The van der Waals surface area contributed by atoms with Gasteiger partial charge in [0.25, 0.3) is 0 Å². The van der Waals surface area contributed by atoms with Crippen molar-refractivity contribution in [1.29, 1.82) is 0 Å². The number of hydrogen-bond donors (Lipinski definition) is 0. The van der Waals surface area contributed by atoms with Crippen LogP contribution in [0.15, 0.2) is 33.7 Å². The van der Waals surface area contributed by atoms with Crippen molar-refractivity contribution in [3.05, 3.63) is 45.8 Å². The molecule has 0 spiro atoms. The van der Waals surface area contributed by atoms with Crippen LogP contribution >= 0.6 is 0 Å². The zero-order valence-corrected chi connectivity index (χ0v) is 22.0. The molecule has 0 nitrogen and oxygen atoms in total. The molecule has 5 heteroatoms. The van der Waals surface area contributed by atoms with Crippen molar-refractivity contribution in [3.63, 3.8) is 0 Å². The van der Waals surface area contributed by atoms with Crippen molar-refractivity contribution in [2.45, 2.75) is 76.8 Å².